The minimum atomic E-state index is 0.122. The normalized spacial score (nSPS) is 25.5. The molecule has 5 rings (SSSR count). The lowest BCUT2D eigenvalue weighted by atomic mass is 9.74. The van der Waals surface area contributed by atoms with Gasteiger partial charge in [0.2, 0.25) is 5.91 Å². The van der Waals surface area contributed by atoms with Gasteiger partial charge in [-0.15, -0.1) is 0 Å². The number of amides is 1. The minimum absolute atomic E-state index is 0.122. The number of carbonyl (C=O) groups is 1. The summed E-state index contributed by atoms with van der Waals surface area (Å²) in [5.41, 5.74) is 3.25. The van der Waals surface area contributed by atoms with E-state index in [2.05, 4.69) is 46.0 Å². The van der Waals surface area contributed by atoms with Crippen LogP contribution >= 0.6 is 0 Å². The number of pyridine rings is 1. The Morgan fingerprint density at radius 1 is 1.12 bits per heavy atom. The number of benzene rings is 1. The third kappa shape index (κ3) is 4.57. The number of hydrogen-bond donors (Lipinski definition) is 1. The zero-order valence-corrected chi connectivity index (χ0v) is 18.5. The van der Waals surface area contributed by atoms with Gasteiger partial charge >= 0.3 is 0 Å². The van der Waals surface area contributed by atoms with Crippen LogP contribution in [-0.2, 0) is 11.2 Å². The van der Waals surface area contributed by atoms with Crippen LogP contribution in [0.1, 0.15) is 48.3 Å². The Morgan fingerprint density at radius 2 is 1.94 bits per heavy atom. The lowest BCUT2D eigenvalue weighted by molar-refractivity contribution is -0.135. The fourth-order valence-electron chi connectivity index (χ4n) is 5.16. The summed E-state index contributed by atoms with van der Waals surface area (Å²) in [6, 6.07) is 12.8. The lowest BCUT2D eigenvalue weighted by Crippen LogP contribution is -2.68. The van der Waals surface area contributed by atoms with Gasteiger partial charge in [-0.2, -0.15) is 0 Å². The molecule has 166 valence electrons. The van der Waals surface area contributed by atoms with E-state index < -0.39 is 0 Å². The fourth-order valence-corrected chi connectivity index (χ4v) is 5.16. The second-order valence-corrected chi connectivity index (χ2v) is 9.33. The van der Waals surface area contributed by atoms with E-state index in [1.54, 1.807) is 12.4 Å². The van der Waals surface area contributed by atoms with E-state index in [9.17, 15) is 9.90 Å². The summed E-state index contributed by atoms with van der Waals surface area (Å²) in [4.78, 5) is 21.7. The molecule has 32 heavy (non-hydrogen) atoms. The molecule has 5 nitrogen and oxygen atoms in total. The highest BCUT2D eigenvalue weighted by Crippen LogP contribution is 2.42. The van der Waals surface area contributed by atoms with Gasteiger partial charge in [0.25, 0.3) is 0 Å². The standard InChI is InChI=1S/C27H31N3O2/c31-19-25-27(23-11-9-21(10-12-23)8-7-20-5-6-20)24-18-29(14-1-2-15-30(24)25)26(32)16-22-4-3-13-28-17-22/h3-4,9-13,17,20,24-25,27,31H,1-2,5-6,14-16,18-19H2/t24-,25+,27-/m1/s1. The molecule has 1 N–H and O–H groups in total. The average Bonchev–Trinajstić information content (AvgIpc) is 3.63. The van der Waals surface area contributed by atoms with Gasteiger partial charge in [0.15, 0.2) is 0 Å². The molecule has 5 heteroatoms. The Bertz CT molecular complexity index is 991. The monoisotopic (exact) mass is 429 g/mol. The van der Waals surface area contributed by atoms with Crippen LogP contribution in [0.15, 0.2) is 48.8 Å². The number of nitrogens with zero attached hydrogens (tertiary/aromatic N) is 3. The zero-order chi connectivity index (χ0) is 21.9. The summed E-state index contributed by atoms with van der Waals surface area (Å²) in [5.74, 6) is 7.60. The summed E-state index contributed by atoms with van der Waals surface area (Å²) in [7, 11) is 0. The predicted molar refractivity (Wildman–Crippen MR) is 124 cm³/mol. The van der Waals surface area contributed by atoms with E-state index in [1.807, 2.05) is 17.0 Å². The van der Waals surface area contributed by atoms with E-state index in [1.165, 1.54) is 18.4 Å². The lowest BCUT2D eigenvalue weighted by Gasteiger charge is -2.57. The van der Waals surface area contributed by atoms with Crippen LogP contribution in [0.3, 0.4) is 0 Å². The summed E-state index contributed by atoms with van der Waals surface area (Å²) in [6.07, 6.45) is 8.42. The van der Waals surface area contributed by atoms with Gasteiger partial charge in [0.1, 0.15) is 0 Å². The van der Waals surface area contributed by atoms with Gasteiger partial charge in [-0.3, -0.25) is 14.7 Å². The molecule has 3 aliphatic rings. The quantitative estimate of drug-likeness (QED) is 0.760. The number of fused-ring (bicyclic) bond motifs is 1. The van der Waals surface area contributed by atoms with Crippen molar-refractivity contribution in [3.05, 3.63) is 65.5 Å². The van der Waals surface area contributed by atoms with Crippen molar-refractivity contribution in [2.45, 2.75) is 50.1 Å². The third-order valence-electron chi connectivity index (χ3n) is 7.09. The molecule has 0 bridgehead atoms. The van der Waals surface area contributed by atoms with E-state index in [-0.39, 0.29) is 30.5 Å². The van der Waals surface area contributed by atoms with Crippen molar-refractivity contribution in [2.24, 2.45) is 5.92 Å². The second-order valence-electron chi connectivity index (χ2n) is 9.33. The minimum Gasteiger partial charge on any atom is -0.395 e. The van der Waals surface area contributed by atoms with Crippen LogP contribution in [-0.4, -0.2) is 64.1 Å². The SMILES string of the molecule is O=C(Cc1cccnc1)N1CCCCN2[C@H](C1)[C@@H](c1ccc(C#CC3CC3)cc1)[C@@H]2CO. The van der Waals surface area contributed by atoms with Gasteiger partial charge in [-0.05, 0) is 61.6 Å². The highest BCUT2D eigenvalue weighted by Gasteiger charge is 2.49. The topological polar surface area (TPSA) is 56.7 Å². The first kappa shape index (κ1) is 21.2. The van der Waals surface area contributed by atoms with Crippen molar-refractivity contribution in [2.75, 3.05) is 26.2 Å². The molecule has 2 saturated heterocycles. The number of aliphatic hydroxyl groups is 1. The molecule has 2 aliphatic heterocycles. The number of aliphatic hydroxyl groups excluding tert-OH is 1. The van der Waals surface area contributed by atoms with E-state index in [0.717, 1.165) is 37.1 Å². The van der Waals surface area contributed by atoms with E-state index in [4.69, 9.17) is 0 Å². The molecule has 1 aromatic heterocycles. The van der Waals surface area contributed by atoms with Crippen molar-refractivity contribution >= 4 is 5.91 Å². The number of carbonyl (C=O) groups excluding carboxylic acids is 1. The van der Waals surface area contributed by atoms with Crippen LogP contribution in [0.2, 0.25) is 0 Å². The van der Waals surface area contributed by atoms with E-state index >= 15 is 0 Å². The molecular formula is C27H31N3O2. The van der Waals surface area contributed by atoms with Gasteiger partial charge < -0.3 is 10.0 Å². The summed E-state index contributed by atoms with van der Waals surface area (Å²) < 4.78 is 0. The molecule has 3 atom stereocenters. The number of aromatic nitrogens is 1. The maximum atomic E-state index is 13.1. The molecule has 3 fully saturated rings. The Balaban J connectivity index is 1.32. The van der Waals surface area contributed by atoms with Gasteiger partial charge in [0, 0.05) is 55.0 Å². The molecule has 1 saturated carbocycles. The molecule has 1 aromatic carbocycles. The first-order chi connectivity index (χ1) is 15.7. The molecule has 0 unspecified atom stereocenters. The molecule has 1 amide bonds. The molecule has 2 aromatic rings. The van der Waals surface area contributed by atoms with Gasteiger partial charge in [-0.1, -0.05) is 30.0 Å². The summed E-state index contributed by atoms with van der Waals surface area (Å²) >= 11 is 0. The highest BCUT2D eigenvalue weighted by molar-refractivity contribution is 5.78. The second kappa shape index (κ2) is 9.44. The average molecular weight is 430 g/mol. The highest BCUT2D eigenvalue weighted by atomic mass is 16.3. The first-order valence-corrected chi connectivity index (χ1v) is 11.9. The Morgan fingerprint density at radius 3 is 2.66 bits per heavy atom. The van der Waals surface area contributed by atoms with Crippen LogP contribution in [0.25, 0.3) is 0 Å². The Labute approximate surface area is 190 Å². The molecule has 0 radical (unpaired) electrons. The fraction of sp³-hybridized carbons (Fsp3) is 0.481. The van der Waals surface area contributed by atoms with Crippen molar-refractivity contribution < 1.29 is 9.90 Å². The van der Waals surface area contributed by atoms with Crippen LogP contribution in [0.5, 0.6) is 0 Å². The smallest absolute Gasteiger partial charge is 0.227 e. The number of rotatable bonds is 4. The molecule has 3 heterocycles. The van der Waals surface area contributed by atoms with Crippen molar-refractivity contribution in [3.63, 3.8) is 0 Å². The van der Waals surface area contributed by atoms with Crippen molar-refractivity contribution in [1.29, 1.82) is 0 Å². The largest absolute Gasteiger partial charge is 0.395 e. The maximum absolute atomic E-state index is 13.1. The summed E-state index contributed by atoms with van der Waals surface area (Å²) in [6.45, 7) is 2.65. The molecule has 0 spiro atoms. The van der Waals surface area contributed by atoms with Gasteiger partial charge in [-0.25, -0.2) is 0 Å². The van der Waals surface area contributed by atoms with Crippen LogP contribution in [0, 0.1) is 17.8 Å². The summed E-state index contributed by atoms with van der Waals surface area (Å²) in [5, 5.41) is 10.1. The zero-order valence-electron chi connectivity index (χ0n) is 18.5. The van der Waals surface area contributed by atoms with Crippen molar-refractivity contribution in [3.8, 4) is 11.8 Å². The predicted octanol–water partition coefficient (Wildman–Crippen LogP) is 2.84. The van der Waals surface area contributed by atoms with Crippen LogP contribution in [0.4, 0.5) is 0 Å². The maximum Gasteiger partial charge on any atom is 0.227 e. The van der Waals surface area contributed by atoms with Gasteiger partial charge in [0.05, 0.1) is 13.0 Å². The molecule has 1 aliphatic carbocycles. The number of hydrogen-bond acceptors (Lipinski definition) is 4. The Kier molecular flexibility index (Phi) is 6.25. The molecular weight excluding hydrogens is 398 g/mol. The van der Waals surface area contributed by atoms with E-state index in [0.29, 0.717) is 18.9 Å². The Hall–Kier alpha value is -2.68. The van der Waals surface area contributed by atoms with Crippen molar-refractivity contribution in [1.82, 2.24) is 14.8 Å². The van der Waals surface area contributed by atoms with Crippen LogP contribution < -0.4 is 0 Å². The first-order valence-electron chi connectivity index (χ1n) is 11.9. The third-order valence-corrected chi connectivity index (χ3v) is 7.09.